The average molecular weight is 279 g/mol. The van der Waals surface area contributed by atoms with Gasteiger partial charge in [-0.15, -0.1) is 0 Å². The van der Waals surface area contributed by atoms with Crippen molar-refractivity contribution in [1.29, 1.82) is 0 Å². The molecule has 0 aliphatic heterocycles. The third-order valence-corrected chi connectivity index (χ3v) is 3.08. The molecule has 0 fully saturated rings. The number of unbranched alkanes of at least 4 members (excludes halogenated alkanes) is 3. The molecule has 3 heteroatoms. The van der Waals surface area contributed by atoms with E-state index >= 15 is 0 Å². The number of ether oxygens (including phenoxy) is 2. The van der Waals surface area contributed by atoms with E-state index in [0.717, 1.165) is 17.9 Å². The van der Waals surface area contributed by atoms with Crippen LogP contribution in [0.25, 0.3) is 0 Å². The molecular weight excluding hydrogens is 250 g/mol. The fourth-order valence-electron chi connectivity index (χ4n) is 2.15. The molecule has 1 rings (SSSR count). The summed E-state index contributed by atoms with van der Waals surface area (Å²) in [6.07, 6.45) is 6.49. The fourth-order valence-corrected chi connectivity index (χ4v) is 2.15. The standard InChI is InChI=1S/C17H29NO2/c1-5-6-7-8-9-14(4)20-17-11-15(18)10-16(12-17)19-13(2)3/h10-14H,5-9,18H2,1-4H3. The van der Waals surface area contributed by atoms with Gasteiger partial charge in [-0.25, -0.2) is 0 Å². The van der Waals surface area contributed by atoms with Crippen LogP contribution in [0.15, 0.2) is 18.2 Å². The Hall–Kier alpha value is -1.38. The van der Waals surface area contributed by atoms with Gasteiger partial charge in [-0.05, 0) is 33.6 Å². The molecule has 0 heterocycles. The van der Waals surface area contributed by atoms with Gasteiger partial charge >= 0.3 is 0 Å². The first-order valence-corrected chi connectivity index (χ1v) is 7.75. The van der Waals surface area contributed by atoms with Crippen molar-refractivity contribution in [3.05, 3.63) is 18.2 Å². The Morgan fingerprint density at radius 2 is 1.60 bits per heavy atom. The van der Waals surface area contributed by atoms with Crippen molar-refractivity contribution in [3.63, 3.8) is 0 Å². The molecule has 0 aromatic heterocycles. The first-order chi connectivity index (χ1) is 9.51. The van der Waals surface area contributed by atoms with Gasteiger partial charge in [-0.2, -0.15) is 0 Å². The van der Waals surface area contributed by atoms with Crippen molar-refractivity contribution in [1.82, 2.24) is 0 Å². The van der Waals surface area contributed by atoms with E-state index in [2.05, 4.69) is 13.8 Å². The SMILES string of the molecule is CCCCCCC(C)Oc1cc(N)cc(OC(C)C)c1. The number of hydrogen-bond donors (Lipinski definition) is 1. The van der Waals surface area contributed by atoms with Crippen LogP contribution < -0.4 is 15.2 Å². The van der Waals surface area contributed by atoms with Crippen LogP contribution in [0.2, 0.25) is 0 Å². The monoisotopic (exact) mass is 279 g/mol. The van der Waals surface area contributed by atoms with Crippen molar-refractivity contribution < 1.29 is 9.47 Å². The summed E-state index contributed by atoms with van der Waals surface area (Å²) in [5.41, 5.74) is 6.57. The van der Waals surface area contributed by atoms with E-state index in [0.29, 0.717) is 5.69 Å². The Bertz CT molecular complexity index is 391. The van der Waals surface area contributed by atoms with Gasteiger partial charge in [0, 0.05) is 23.9 Å². The lowest BCUT2D eigenvalue weighted by Gasteiger charge is -2.17. The summed E-state index contributed by atoms with van der Waals surface area (Å²) < 4.78 is 11.6. The number of rotatable bonds is 9. The van der Waals surface area contributed by atoms with Crippen molar-refractivity contribution in [2.24, 2.45) is 0 Å². The number of benzene rings is 1. The van der Waals surface area contributed by atoms with Crippen LogP contribution in [0.3, 0.4) is 0 Å². The molecule has 0 aliphatic carbocycles. The quantitative estimate of drug-likeness (QED) is 0.522. The number of hydrogen-bond acceptors (Lipinski definition) is 3. The molecule has 0 amide bonds. The van der Waals surface area contributed by atoms with Crippen LogP contribution in [0.1, 0.15) is 59.8 Å². The normalized spacial score (nSPS) is 12.4. The third kappa shape index (κ3) is 6.69. The molecule has 0 radical (unpaired) electrons. The second-order valence-corrected chi connectivity index (χ2v) is 5.68. The molecule has 1 aromatic rings. The van der Waals surface area contributed by atoms with Crippen molar-refractivity contribution >= 4 is 5.69 Å². The molecule has 1 unspecified atom stereocenters. The van der Waals surface area contributed by atoms with Crippen molar-refractivity contribution in [3.8, 4) is 11.5 Å². The molecule has 0 saturated carbocycles. The zero-order valence-corrected chi connectivity index (χ0v) is 13.3. The van der Waals surface area contributed by atoms with Crippen molar-refractivity contribution in [2.75, 3.05) is 5.73 Å². The van der Waals surface area contributed by atoms with E-state index in [4.69, 9.17) is 15.2 Å². The largest absolute Gasteiger partial charge is 0.491 e. The second kappa shape index (κ2) is 8.72. The molecule has 20 heavy (non-hydrogen) atoms. The van der Waals surface area contributed by atoms with E-state index in [-0.39, 0.29) is 12.2 Å². The molecule has 0 spiro atoms. The summed E-state index contributed by atoms with van der Waals surface area (Å²) in [7, 11) is 0. The maximum atomic E-state index is 5.94. The number of nitrogen functional groups attached to an aromatic ring is 1. The van der Waals surface area contributed by atoms with Gasteiger partial charge < -0.3 is 15.2 Å². The molecule has 1 aromatic carbocycles. The minimum absolute atomic E-state index is 0.135. The third-order valence-electron chi connectivity index (χ3n) is 3.08. The van der Waals surface area contributed by atoms with E-state index in [1.54, 1.807) is 0 Å². The zero-order chi connectivity index (χ0) is 15.0. The van der Waals surface area contributed by atoms with Gasteiger partial charge in [0.1, 0.15) is 11.5 Å². The lowest BCUT2D eigenvalue weighted by Crippen LogP contribution is -2.12. The molecule has 114 valence electrons. The highest BCUT2D eigenvalue weighted by Gasteiger charge is 2.07. The molecule has 1 atom stereocenters. The van der Waals surface area contributed by atoms with Crippen LogP contribution in [0.5, 0.6) is 11.5 Å². The minimum atomic E-state index is 0.135. The van der Waals surface area contributed by atoms with E-state index < -0.39 is 0 Å². The first-order valence-electron chi connectivity index (χ1n) is 7.75. The van der Waals surface area contributed by atoms with Crippen molar-refractivity contribution in [2.45, 2.75) is 72.0 Å². The number of nitrogens with two attached hydrogens (primary N) is 1. The highest BCUT2D eigenvalue weighted by molar-refractivity contribution is 5.50. The molecule has 0 aliphatic rings. The summed E-state index contributed by atoms with van der Waals surface area (Å²) in [5, 5.41) is 0. The summed E-state index contributed by atoms with van der Waals surface area (Å²) in [4.78, 5) is 0. The molecule has 0 bridgehead atoms. The van der Waals surface area contributed by atoms with E-state index in [9.17, 15) is 0 Å². The van der Waals surface area contributed by atoms with Gasteiger partial charge in [-0.1, -0.05) is 26.2 Å². The Morgan fingerprint density at radius 3 is 2.20 bits per heavy atom. The summed E-state index contributed by atoms with van der Waals surface area (Å²) >= 11 is 0. The average Bonchev–Trinajstić information content (AvgIpc) is 2.33. The first kappa shape index (κ1) is 16.7. The molecule has 2 N–H and O–H groups in total. The predicted octanol–water partition coefficient (Wildman–Crippen LogP) is 4.79. The fraction of sp³-hybridized carbons (Fsp3) is 0.647. The highest BCUT2D eigenvalue weighted by atomic mass is 16.5. The smallest absolute Gasteiger partial charge is 0.125 e. The van der Waals surface area contributed by atoms with Crippen LogP contribution >= 0.6 is 0 Å². The molecule has 3 nitrogen and oxygen atoms in total. The topological polar surface area (TPSA) is 44.5 Å². The van der Waals surface area contributed by atoms with Crippen LogP contribution in [0, 0.1) is 0 Å². The molecule has 0 saturated heterocycles. The maximum Gasteiger partial charge on any atom is 0.125 e. The Kier molecular flexibility index (Phi) is 7.27. The summed E-state index contributed by atoms with van der Waals surface area (Å²) in [5.74, 6) is 1.57. The van der Waals surface area contributed by atoms with Gasteiger partial charge in [-0.3, -0.25) is 0 Å². The Labute approximate surface area is 123 Å². The highest BCUT2D eigenvalue weighted by Crippen LogP contribution is 2.26. The van der Waals surface area contributed by atoms with Crippen LogP contribution in [0.4, 0.5) is 5.69 Å². The lowest BCUT2D eigenvalue weighted by molar-refractivity contribution is 0.203. The minimum Gasteiger partial charge on any atom is -0.491 e. The predicted molar refractivity (Wildman–Crippen MR) is 85.5 cm³/mol. The van der Waals surface area contributed by atoms with Crippen LogP contribution in [-0.2, 0) is 0 Å². The number of anilines is 1. The lowest BCUT2D eigenvalue weighted by atomic mass is 10.1. The van der Waals surface area contributed by atoms with Crippen LogP contribution in [-0.4, -0.2) is 12.2 Å². The molecular formula is C17H29NO2. The maximum absolute atomic E-state index is 5.94. The van der Waals surface area contributed by atoms with Gasteiger partial charge in [0.2, 0.25) is 0 Å². The summed E-state index contributed by atoms with van der Waals surface area (Å²) in [6, 6.07) is 5.60. The summed E-state index contributed by atoms with van der Waals surface area (Å²) in [6.45, 7) is 8.33. The Morgan fingerprint density at radius 1 is 0.950 bits per heavy atom. The second-order valence-electron chi connectivity index (χ2n) is 5.68. The van der Waals surface area contributed by atoms with Gasteiger partial charge in [0.25, 0.3) is 0 Å². The Balaban J connectivity index is 2.51. The van der Waals surface area contributed by atoms with Gasteiger partial charge in [0.05, 0.1) is 12.2 Å². The zero-order valence-electron chi connectivity index (χ0n) is 13.3. The van der Waals surface area contributed by atoms with E-state index in [1.807, 2.05) is 32.0 Å². The van der Waals surface area contributed by atoms with Gasteiger partial charge in [0.15, 0.2) is 0 Å². The van der Waals surface area contributed by atoms with E-state index in [1.165, 1.54) is 25.7 Å².